The van der Waals surface area contributed by atoms with Crippen LogP contribution in [0.1, 0.15) is 53.5 Å². The highest BCUT2D eigenvalue weighted by atomic mass is 16.7. The lowest BCUT2D eigenvalue weighted by atomic mass is 9.42. The second-order valence-electron chi connectivity index (χ2n) is 8.06. The molecule has 0 aromatic heterocycles. The summed E-state index contributed by atoms with van der Waals surface area (Å²) in [6.45, 7) is 13.2. The summed E-state index contributed by atoms with van der Waals surface area (Å²) in [5.74, 6) is 1.05. The lowest BCUT2D eigenvalue weighted by Crippen LogP contribution is -2.51. The van der Waals surface area contributed by atoms with Crippen LogP contribution in [0, 0.1) is 5.92 Å². The molecule has 0 bridgehead atoms. The monoisotopic (exact) mass is 286 g/mol. The van der Waals surface area contributed by atoms with Gasteiger partial charge in [0.05, 0.1) is 11.2 Å². The predicted molar refractivity (Wildman–Crippen MR) is 87.4 cm³/mol. The Morgan fingerprint density at radius 2 is 1.48 bits per heavy atom. The molecule has 2 fully saturated rings. The summed E-state index contributed by atoms with van der Waals surface area (Å²) >= 11 is 0. The van der Waals surface area contributed by atoms with E-state index < -0.39 is 0 Å². The highest BCUT2D eigenvalue weighted by Crippen LogP contribution is 2.59. The van der Waals surface area contributed by atoms with E-state index in [4.69, 9.17) is 9.31 Å². The van der Waals surface area contributed by atoms with Crippen LogP contribution in [0.3, 0.4) is 0 Å². The predicted octanol–water partition coefficient (Wildman–Crippen LogP) is 4.45. The Labute approximate surface area is 129 Å². The van der Waals surface area contributed by atoms with Crippen molar-refractivity contribution < 1.29 is 9.31 Å². The molecule has 0 amide bonds. The second kappa shape index (κ2) is 4.60. The minimum atomic E-state index is -0.226. The largest absolute Gasteiger partial charge is 0.461 e. The number of hydrogen-bond acceptors (Lipinski definition) is 2. The van der Waals surface area contributed by atoms with Gasteiger partial charge in [0.2, 0.25) is 0 Å². The van der Waals surface area contributed by atoms with Gasteiger partial charge in [-0.3, -0.25) is 0 Å². The molecular formula is C18H27BO2. The zero-order valence-corrected chi connectivity index (χ0v) is 14.1. The maximum atomic E-state index is 6.25. The average Bonchev–Trinajstić information content (AvgIpc) is 2.64. The molecule has 114 valence electrons. The van der Waals surface area contributed by atoms with Crippen molar-refractivity contribution in [2.45, 2.75) is 70.4 Å². The van der Waals surface area contributed by atoms with Gasteiger partial charge in [0.25, 0.3) is 0 Å². The van der Waals surface area contributed by atoms with Crippen LogP contribution >= 0.6 is 0 Å². The molecule has 1 saturated carbocycles. The first-order valence-electron chi connectivity index (χ1n) is 8.08. The molecule has 3 heteroatoms. The molecule has 3 atom stereocenters. The third-order valence-electron chi connectivity index (χ3n) is 6.36. The van der Waals surface area contributed by atoms with Crippen molar-refractivity contribution in [3.05, 3.63) is 35.9 Å². The Hall–Kier alpha value is -0.795. The minimum Gasteiger partial charge on any atom is -0.403 e. The number of rotatable bonds is 2. The molecular weight excluding hydrogens is 259 g/mol. The van der Waals surface area contributed by atoms with Crippen molar-refractivity contribution >= 4 is 7.12 Å². The summed E-state index contributed by atoms with van der Waals surface area (Å²) in [6.07, 6.45) is 1.13. The zero-order chi connectivity index (χ0) is 15.5. The van der Waals surface area contributed by atoms with Gasteiger partial charge in [-0.1, -0.05) is 44.2 Å². The molecule has 1 aliphatic carbocycles. The van der Waals surface area contributed by atoms with E-state index in [2.05, 4.69) is 71.9 Å². The molecule has 21 heavy (non-hydrogen) atoms. The molecule has 2 aliphatic rings. The van der Waals surface area contributed by atoms with Crippen LogP contribution < -0.4 is 0 Å². The Morgan fingerprint density at radius 3 is 1.95 bits per heavy atom. The smallest absolute Gasteiger partial charge is 0.403 e. The first kappa shape index (κ1) is 15.1. The maximum Gasteiger partial charge on any atom is 0.461 e. The van der Waals surface area contributed by atoms with Crippen LogP contribution in [-0.2, 0) is 14.7 Å². The topological polar surface area (TPSA) is 18.5 Å². The van der Waals surface area contributed by atoms with Gasteiger partial charge in [-0.15, -0.1) is 0 Å². The van der Waals surface area contributed by atoms with Crippen molar-refractivity contribution in [1.82, 2.24) is 0 Å². The molecule has 1 unspecified atom stereocenters. The van der Waals surface area contributed by atoms with Crippen LogP contribution in [0.5, 0.6) is 0 Å². The maximum absolute atomic E-state index is 6.25. The average molecular weight is 286 g/mol. The van der Waals surface area contributed by atoms with Crippen LogP contribution in [-0.4, -0.2) is 18.3 Å². The molecule has 1 heterocycles. The fourth-order valence-corrected chi connectivity index (χ4v) is 3.76. The van der Waals surface area contributed by atoms with Crippen molar-refractivity contribution in [1.29, 1.82) is 0 Å². The standard InChI is InChI=1S/C18H27BO2/c1-13-15(19-20-16(2,3)17(4,5)21-19)12-18(13,6)14-10-8-7-9-11-14/h7-11,13,15H,12H2,1-6H3/t13-,15?,18+/m1/s1. The Morgan fingerprint density at radius 1 is 0.952 bits per heavy atom. The van der Waals surface area contributed by atoms with Gasteiger partial charge < -0.3 is 9.31 Å². The zero-order valence-electron chi connectivity index (χ0n) is 14.1. The van der Waals surface area contributed by atoms with Crippen LogP contribution in [0.25, 0.3) is 0 Å². The van der Waals surface area contributed by atoms with Crippen LogP contribution in [0.2, 0.25) is 5.82 Å². The van der Waals surface area contributed by atoms with Gasteiger partial charge in [0.1, 0.15) is 0 Å². The number of hydrogen-bond donors (Lipinski definition) is 0. The summed E-state index contributed by atoms with van der Waals surface area (Å²) < 4.78 is 12.5. The van der Waals surface area contributed by atoms with Crippen molar-refractivity contribution in [3.63, 3.8) is 0 Å². The molecule has 1 aromatic carbocycles. The highest BCUT2D eigenvalue weighted by molar-refractivity contribution is 6.48. The van der Waals surface area contributed by atoms with Crippen LogP contribution in [0.15, 0.2) is 30.3 Å². The summed E-state index contributed by atoms with van der Waals surface area (Å²) in [4.78, 5) is 0. The minimum absolute atomic E-state index is 0.0678. The summed E-state index contributed by atoms with van der Waals surface area (Å²) in [6, 6.07) is 10.8. The molecule has 0 spiro atoms. The third kappa shape index (κ3) is 2.17. The van der Waals surface area contributed by atoms with Gasteiger partial charge in [-0.05, 0) is 56.8 Å². The quantitative estimate of drug-likeness (QED) is 0.748. The summed E-state index contributed by atoms with van der Waals surface area (Å²) in [5.41, 5.74) is 1.23. The van der Waals surface area contributed by atoms with E-state index in [1.807, 2.05) is 0 Å². The normalized spacial score (nSPS) is 37.3. The molecule has 0 N–H and O–H groups in total. The summed E-state index contributed by atoms with van der Waals surface area (Å²) in [5, 5.41) is 0. The van der Waals surface area contributed by atoms with Gasteiger partial charge >= 0.3 is 7.12 Å². The van der Waals surface area contributed by atoms with Crippen molar-refractivity contribution in [2.75, 3.05) is 0 Å². The molecule has 1 saturated heterocycles. The van der Waals surface area contributed by atoms with E-state index in [0.717, 1.165) is 6.42 Å². The fraction of sp³-hybridized carbons (Fsp3) is 0.667. The van der Waals surface area contributed by atoms with Crippen LogP contribution in [0.4, 0.5) is 0 Å². The van der Waals surface area contributed by atoms with Gasteiger partial charge in [0, 0.05) is 0 Å². The highest BCUT2D eigenvalue weighted by Gasteiger charge is 2.61. The van der Waals surface area contributed by atoms with E-state index in [0.29, 0.717) is 11.7 Å². The van der Waals surface area contributed by atoms with Crippen molar-refractivity contribution in [2.24, 2.45) is 5.92 Å². The second-order valence-corrected chi connectivity index (χ2v) is 8.06. The van der Waals surface area contributed by atoms with E-state index in [-0.39, 0.29) is 23.7 Å². The lowest BCUT2D eigenvalue weighted by molar-refractivity contribution is 0.00578. The van der Waals surface area contributed by atoms with Gasteiger partial charge in [-0.2, -0.15) is 0 Å². The lowest BCUT2D eigenvalue weighted by Gasteiger charge is -2.53. The van der Waals surface area contributed by atoms with E-state index >= 15 is 0 Å². The first-order valence-corrected chi connectivity index (χ1v) is 8.08. The van der Waals surface area contributed by atoms with Crippen molar-refractivity contribution in [3.8, 4) is 0 Å². The molecule has 3 rings (SSSR count). The Balaban J connectivity index is 1.75. The Kier molecular flexibility index (Phi) is 3.31. The molecule has 1 aromatic rings. The SMILES string of the molecule is C[C@@H]1C(B2OC(C)(C)C(C)(C)O2)C[C@]1(C)c1ccccc1. The van der Waals surface area contributed by atoms with E-state index in [1.54, 1.807) is 0 Å². The molecule has 2 nitrogen and oxygen atoms in total. The third-order valence-corrected chi connectivity index (χ3v) is 6.36. The summed E-state index contributed by atoms with van der Waals surface area (Å²) in [7, 11) is -0.0678. The fourth-order valence-electron chi connectivity index (χ4n) is 3.76. The molecule has 0 radical (unpaired) electrons. The van der Waals surface area contributed by atoms with Gasteiger partial charge in [-0.25, -0.2) is 0 Å². The molecule has 1 aliphatic heterocycles. The van der Waals surface area contributed by atoms with E-state index in [9.17, 15) is 0 Å². The van der Waals surface area contributed by atoms with Gasteiger partial charge in [0.15, 0.2) is 0 Å². The number of benzene rings is 1. The first-order chi connectivity index (χ1) is 9.67. The van der Waals surface area contributed by atoms with E-state index in [1.165, 1.54) is 5.56 Å². The Bertz CT molecular complexity index is 509.